The molecule has 6 atom stereocenters. The van der Waals surface area contributed by atoms with Gasteiger partial charge in [0.05, 0.1) is 17.6 Å². The van der Waals surface area contributed by atoms with Gasteiger partial charge < -0.3 is 25.3 Å². The van der Waals surface area contributed by atoms with Crippen LogP contribution < -0.4 is 21.4 Å². The second-order valence-electron chi connectivity index (χ2n) is 12.7. The summed E-state index contributed by atoms with van der Waals surface area (Å²) in [6.45, 7) is 11.1. The van der Waals surface area contributed by atoms with Crippen molar-refractivity contribution in [2.24, 2.45) is 23.2 Å². The van der Waals surface area contributed by atoms with Gasteiger partial charge in [0.25, 0.3) is 11.9 Å². The zero-order valence-corrected chi connectivity index (χ0v) is 24.4. The molecule has 0 unspecified atom stereocenters. The topological polar surface area (TPSA) is 181 Å². The third kappa shape index (κ3) is 6.80. The number of nitrogens with zero attached hydrogens (tertiary/aromatic N) is 2. The van der Waals surface area contributed by atoms with E-state index in [1.165, 1.54) is 12.4 Å². The fourth-order valence-electron chi connectivity index (χ4n) is 6.76. The summed E-state index contributed by atoms with van der Waals surface area (Å²) in [6, 6.07) is 2.23. The van der Waals surface area contributed by atoms with Crippen LogP contribution in [0.15, 0.2) is 24.5 Å². The van der Waals surface area contributed by atoms with E-state index in [-0.39, 0.29) is 36.3 Å². The molecule has 0 aromatic carbocycles. The van der Waals surface area contributed by atoms with Gasteiger partial charge in [-0.15, -0.1) is 0 Å². The van der Waals surface area contributed by atoms with Crippen LogP contribution >= 0.6 is 0 Å². The third-order valence-corrected chi connectivity index (χ3v) is 9.09. The molecule has 2 bridgehead atoms. The van der Waals surface area contributed by atoms with Crippen LogP contribution in [0.25, 0.3) is 0 Å². The van der Waals surface area contributed by atoms with Crippen LogP contribution in [0, 0.1) is 38.7 Å². The Morgan fingerprint density at radius 1 is 1.22 bits per heavy atom. The second kappa shape index (κ2) is 12.3. The Kier molecular flexibility index (Phi) is 9.22. The van der Waals surface area contributed by atoms with Gasteiger partial charge >= 0.3 is 7.12 Å². The van der Waals surface area contributed by atoms with E-state index in [2.05, 4.69) is 55.6 Å². The molecule has 4 fully saturated rings. The molecule has 1 aromatic heterocycles. The highest BCUT2D eigenvalue weighted by Crippen LogP contribution is 2.65. The molecule has 5 N–H and O–H groups in total. The minimum Gasteiger partial charge on any atom is -0.404 e. The normalized spacial score (nSPS) is 27.2. The van der Waals surface area contributed by atoms with Gasteiger partial charge in [-0.05, 0) is 74.3 Å². The van der Waals surface area contributed by atoms with E-state index in [1.807, 2.05) is 0 Å². The fraction of sp³-hybridized carbons (Fsp3) is 0.704. The van der Waals surface area contributed by atoms with E-state index in [4.69, 9.17) is 14.7 Å². The number of guanidine groups is 1. The second-order valence-corrected chi connectivity index (χ2v) is 12.7. The van der Waals surface area contributed by atoms with E-state index in [1.54, 1.807) is 17.6 Å². The maximum Gasteiger partial charge on any atom is 0.481 e. The Balaban J connectivity index is 1.44. The lowest BCUT2D eigenvalue weighted by Crippen LogP contribution is -2.65. The summed E-state index contributed by atoms with van der Waals surface area (Å²) in [6.07, 6.45) is 6.28. The maximum atomic E-state index is 13.7. The summed E-state index contributed by atoms with van der Waals surface area (Å²) < 4.78 is 13.1. The SMILES string of the molecule is CC(C)C[C@H](NC(=O)[C@H](CCCNC(=N)N[N+](=O)[O-])NC(=O)c1ccncc1)B1O[C@@H]2C[C@@H]3C[C@@H](C3(C)C)[C@]2(C)O1. The first-order valence-corrected chi connectivity index (χ1v) is 14.4. The molecule has 3 saturated carbocycles. The number of amides is 2. The number of hydrazine groups is 1. The zero-order chi connectivity index (χ0) is 29.9. The average molecular weight is 571 g/mol. The number of carbonyl (C=O) groups excluding carboxylic acids is 2. The van der Waals surface area contributed by atoms with Gasteiger partial charge in [-0.25, -0.2) is 10.1 Å². The van der Waals surface area contributed by atoms with Crippen molar-refractivity contribution >= 4 is 24.9 Å². The van der Waals surface area contributed by atoms with E-state index in [9.17, 15) is 19.7 Å². The highest BCUT2D eigenvalue weighted by molar-refractivity contribution is 6.48. The van der Waals surface area contributed by atoms with Gasteiger partial charge in [0.1, 0.15) is 6.04 Å². The molecule has 0 spiro atoms. The van der Waals surface area contributed by atoms with Crippen molar-refractivity contribution in [3.63, 3.8) is 0 Å². The Hall–Kier alpha value is -3.26. The van der Waals surface area contributed by atoms with Crippen molar-refractivity contribution in [3.8, 4) is 0 Å². The summed E-state index contributed by atoms with van der Waals surface area (Å²) in [4.78, 5) is 41.1. The Morgan fingerprint density at radius 3 is 2.56 bits per heavy atom. The molecular weight excluding hydrogens is 529 g/mol. The number of aromatic nitrogens is 1. The molecule has 13 nitrogen and oxygen atoms in total. The first kappa shape index (κ1) is 30.7. The van der Waals surface area contributed by atoms with Crippen molar-refractivity contribution in [1.82, 2.24) is 26.4 Å². The molecule has 0 radical (unpaired) electrons. The molecule has 4 aliphatic rings. The van der Waals surface area contributed by atoms with Gasteiger partial charge in [0.15, 0.2) is 5.03 Å². The highest BCUT2D eigenvalue weighted by atomic mass is 16.7. The van der Waals surface area contributed by atoms with E-state index >= 15 is 0 Å². The predicted molar refractivity (Wildman–Crippen MR) is 152 cm³/mol. The molecule has 41 heavy (non-hydrogen) atoms. The van der Waals surface area contributed by atoms with Gasteiger partial charge in [-0.3, -0.25) is 20.0 Å². The van der Waals surface area contributed by atoms with Crippen LogP contribution in [0.2, 0.25) is 0 Å². The Morgan fingerprint density at radius 2 is 1.93 bits per heavy atom. The molecular formula is C27H42BN7O6. The summed E-state index contributed by atoms with van der Waals surface area (Å²) in [5.41, 5.74) is 1.88. The fourth-order valence-corrected chi connectivity index (χ4v) is 6.76. The number of nitrogens with one attached hydrogen (secondary N) is 5. The molecule has 224 valence electrons. The lowest BCUT2D eigenvalue weighted by atomic mass is 9.43. The minimum absolute atomic E-state index is 0.0211. The first-order chi connectivity index (χ1) is 19.3. The standard InChI is InChI=1S/C27H42BN7O6/c1-16(2)13-22(28-40-21-15-18-14-20(26(18,3)4)27(21,5)41-28)33-24(37)19(7-6-10-31-25(29)34-35(38)39)32-23(36)17-8-11-30-12-9-17/h8-9,11-12,16,18-22H,6-7,10,13-15H2,1-5H3,(H,32,36)(H,33,37)(H3,29,31,34)/t18-,19-,20-,21+,22-,27-/m0/s1. The van der Waals surface area contributed by atoms with Crippen LogP contribution in [-0.2, 0) is 14.1 Å². The quantitative estimate of drug-likeness (QED) is 0.0627. The summed E-state index contributed by atoms with van der Waals surface area (Å²) >= 11 is 0. The predicted octanol–water partition coefficient (Wildman–Crippen LogP) is 2.06. The van der Waals surface area contributed by atoms with Crippen LogP contribution in [0.1, 0.15) is 77.1 Å². The molecule has 1 saturated heterocycles. The molecule has 1 aliphatic heterocycles. The molecule has 2 heterocycles. The van der Waals surface area contributed by atoms with Crippen molar-refractivity contribution in [2.45, 2.75) is 90.4 Å². The zero-order valence-electron chi connectivity index (χ0n) is 24.4. The molecule has 5 rings (SSSR count). The average Bonchev–Trinajstić information content (AvgIpc) is 3.26. The molecule has 1 aromatic rings. The van der Waals surface area contributed by atoms with Crippen LogP contribution in [0.4, 0.5) is 0 Å². The monoisotopic (exact) mass is 571 g/mol. The van der Waals surface area contributed by atoms with Crippen molar-refractivity contribution in [1.29, 1.82) is 5.41 Å². The van der Waals surface area contributed by atoms with Crippen molar-refractivity contribution < 1.29 is 23.9 Å². The first-order valence-electron chi connectivity index (χ1n) is 14.4. The van der Waals surface area contributed by atoms with E-state index < -0.39 is 41.6 Å². The van der Waals surface area contributed by atoms with Gasteiger partial charge in [-0.1, -0.05) is 33.1 Å². The minimum atomic E-state index is -0.893. The number of pyridine rings is 1. The molecule has 14 heteroatoms. The number of carbonyl (C=O) groups is 2. The van der Waals surface area contributed by atoms with Crippen LogP contribution in [0.5, 0.6) is 0 Å². The maximum absolute atomic E-state index is 13.7. The lowest BCUT2D eigenvalue weighted by molar-refractivity contribution is -0.525. The molecule has 3 aliphatic carbocycles. The van der Waals surface area contributed by atoms with Gasteiger partial charge in [0.2, 0.25) is 5.91 Å². The number of hydrogen-bond donors (Lipinski definition) is 5. The van der Waals surface area contributed by atoms with E-state index in [0.717, 1.165) is 12.8 Å². The largest absolute Gasteiger partial charge is 0.481 e. The summed E-state index contributed by atoms with van der Waals surface area (Å²) in [5, 5.41) is 25.8. The van der Waals surface area contributed by atoms with Gasteiger partial charge in [0, 0.05) is 24.5 Å². The molecule has 2 amide bonds. The number of nitro groups is 1. The number of hydrogen-bond acceptors (Lipinski definition) is 8. The third-order valence-electron chi connectivity index (χ3n) is 9.09. The van der Waals surface area contributed by atoms with Crippen molar-refractivity contribution in [2.75, 3.05) is 6.54 Å². The Labute approximate surface area is 241 Å². The Bertz CT molecular complexity index is 1140. The van der Waals surface area contributed by atoms with Gasteiger partial charge in [-0.2, -0.15) is 0 Å². The summed E-state index contributed by atoms with van der Waals surface area (Å²) in [5.74, 6) is -0.410. The number of rotatable bonds is 12. The van der Waals surface area contributed by atoms with E-state index in [0.29, 0.717) is 30.2 Å². The lowest BCUT2D eigenvalue weighted by Gasteiger charge is -2.64. The highest BCUT2D eigenvalue weighted by Gasteiger charge is 2.68. The smallest absolute Gasteiger partial charge is 0.404 e. The van der Waals surface area contributed by atoms with Crippen LogP contribution in [0.3, 0.4) is 0 Å². The summed E-state index contributed by atoms with van der Waals surface area (Å²) in [7, 11) is -0.599. The van der Waals surface area contributed by atoms with Crippen molar-refractivity contribution in [3.05, 3.63) is 40.2 Å². The van der Waals surface area contributed by atoms with Crippen LogP contribution in [-0.4, -0.2) is 65.1 Å².